The Morgan fingerprint density at radius 1 is 1.39 bits per heavy atom. The molecule has 1 atom stereocenters. The predicted octanol–water partition coefficient (Wildman–Crippen LogP) is 3.87. The van der Waals surface area contributed by atoms with Crippen LogP contribution < -0.4 is 5.32 Å². The molecule has 4 nitrogen and oxygen atoms in total. The number of pyridine rings is 1. The van der Waals surface area contributed by atoms with Crippen molar-refractivity contribution in [2.45, 2.75) is 32.4 Å². The first-order chi connectivity index (χ1) is 11.0. The number of benzene rings is 1. The molecular formula is C18H20ClN3O. The van der Waals surface area contributed by atoms with Crippen molar-refractivity contribution in [1.29, 1.82) is 0 Å². The minimum atomic E-state index is -0.0924. The van der Waals surface area contributed by atoms with Gasteiger partial charge in [-0.05, 0) is 48.6 Å². The van der Waals surface area contributed by atoms with Crippen LogP contribution in [0.4, 0.5) is 4.79 Å². The second-order valence-electron chi connectivity index (χ2n) is 6.03. The van der Waals surface area contributed by atoms with E-state index in [1.807, 2.05) is 43.5 Å². The summed E-state index contributed by atoms with van der Waals surface area (Å²) in [5.41, 5.74) is 4.28. The average molecular weight is 330 g/mol. The SMILES string of the molecule is Cc1ccc(CN(C)C(=O)NC2CCc3c(Cl)cccc32)nc1. The Balaban J connectivity index is 1.64. The maximum Gasteiger partial charge on any atom is 0.317 e. The third-order valence-corrected chi connectivity index (χ3v) is 4.58. The lowest BCUT2D eigenvalue weighted by atomic mass is 10.1. The van der Waals surface area contributed by atoms with Crippen molar-refractivity contribution in [3.05, 3.63) is 63.9 Å². The van der Waals surface area contributed by atoms with Gasteiger partial charge in [0.05, 0.1) is 18.3 Å². The number of fused-ring (bicyclic) bond motifs is 1. The standard InChI is InChI=1S/C18H20ClN3O/c1-12-6-7-13(20-10-12)11-22(2)18(23)21-17-9-8-14-15(17)4-3-5-16(14)19/h3-7,10,17H,8-9,11H2,1-2H3,(H,21,23). The number of aromatic nitrogens is 1. The second-order valence-corrected chi connectivity index (χ2v) is 6.44. The van der Waals surface area contributed by atoms with Gasteiger partial charge in [-0.1, -0.05) is 29.8 Å². The maximum atomic E-state index is 12.4. The van der Waals surface area contributed by atoms with Gasteiger partial charge in [0.25, 0.3) is 0 Å². The lowest BCUT2D eigenvalue weighted by Gasteiger charge is -2.21. The molecule has 0 aliphatic heterocycles. The number of amides is 2. The van der Waals surface area contributed by atoms with E-state index in [9.17, 15) is 4.79 Å². The molecule has 1 aromatic heterocycles. The van der Waals surface area contributed by atoms with E-state index in [1.54, 1.807) is 11.9 Å². The van der Waals surface area contributed by atoms with Crippen LogP contribution in [-0.4, -0.2) is 23.0 Å². The monoisotopic (exact) mass is 329 g/mol. The zero-order valence-corrected chi connectivity index (χ0v) is 14.1. The number of aryl methyl sites for hydroxylation is 1. The molecule has 1 aliphatic carbocycles. The second kappa shape index (κ2) is 6.59. The van der Waals surface area contributed by atoms with E-state index in [0.29, 0.717) is 6.54 Å². The molecule has 5 heteroatoms. The van der Waals surface area contributed by atoms with Crippen LogP contribution in [0.1, 0.15) is 34.8 Å². The zero-order valence-electron chi connectivity index (χ0n) is 13.3. The van der Waals surface area contributed by atoms with Crippen LogP contribution in [0.2, 0.25) is 5.02 Å². The average Bonchev–Trinajstić information content (AvgIpc) is 2.94. The van der Waals surface area contributed by atoms with E-state index < -0.39 is 0 Å². The van der Waals surface area contributed by atoms with E-state index >= 15 is 0 Å². The number of carbonyl (C=O) groups is 1. The molecule has 1 aromatic carbocycles. The fourth-order valence-corrected chi connectivity index (χ4v) is 3.20. The summed E-state index contributed by atoms with van der Waals surface area (Å²) in [7, 11) is 1.78. The van der Waals surface area contributed by atoms with Crippen molar-refractivity contribution in [3.8, 4) is 0 Å². The van der Waals surface area contributed by atoms with Crippen LogP contribution in [0.15, 0.2) is 36.5 Å². The third-order valence-electron chi connectivity index (χ3n) is 4.23. The molecule has 23 heavy (non-hydrogen) atoms. The molecule has 0 radical (unpaired) electrons. The Morgan fingerprint density at radius 2 is 2.22 bits per heavy atom. The topological polar surface area (TPSA) is 45.2 Å². The van der Waals surface area contributed by atoms with Crippen LogP contribution in [0.5, 0.6) is 0 Å². The first-order valence-electron chi connectivity index (χ1n) is 7.75. The number of nitrogens with zero attached hydrogens (tertiary/aromatic N) is 2. The van der Waals surface area contributed by atoms with Gasteiger partial charge < -0.3 is 10.2 Å². The van der Waals surface area contributed by atoms with Gasteiger partial charge in [0.1, 0.15) is 0 Å². The van der Waals surface area contributed by atoms with E-state index in [-0.39, 0.29) is 12.1 Å². The quantitative estimate of drug-likeness (QED) is 0.929. The summed E-state index contributed by atoms with van der Waals surface area (Å²) in [4.78, 5) is 18.4. The summed E-state index contributed by atoms with van der Waals surface area (Å²) in [6.45, 7) is 2.48. The number of hydrogen-bond donors (Lipinski definition) is 1. The van der Waals surface area contributed by atoms with Gasteiger partial charge in [0, 0.05) is 18.3 Å². The van der Waals surface area contributed by atoms with Crippen molar-refractivity contribution in [1.82, 2.24) is 15.2 Å². The molecule has 2 aromatic rings. The summed E-state index contributed by atoms with van der Waals surface area (Å²) in [6, 6.07) is 9.77. The minimum Gasteiger partial charge on any atom is -0.331 e. The van der Waals surface area contributed by atoms with Gasteiger partial charge in [-0.25, -0.2) is 4.79 Å². The number of rotatable bonds is 3. The van der Waals surface area contributed by atoms with Crippen LogP contribution in [0.25, 0.3) is 0 Å². The maximum absolute atomic E-state index is 12.4. The first kappa shape index (κ1) is 15.8. The highest BCUT2D eigenvalue weighted by molar-refractivity contribution is 6.31. The van der Waals surface area contributed by atoms with Gasteiger partial charge in [0.2, 0.25) is 0 Å². The highest BCUT2D eigenvalue weighted by atomic mass is 35.5. The Morgan fingerprint density at radius 3 is 2.96 bits per heavy atom. The van der Waals surface area contributed by atoms with Crippen LogP contribution >= 0.6 is 11.6 Å². The fraction of sp³-hybridized carbons (Fsp3) is 0.333. The number of halogens is 1. The lowest BCUT2D eigenvalue weighted by Crippen LogP contribution is -2.38. The molecule has 3 rings (SSSR count). The van der Waals surface area contributed by atoms with Crippen LogP contribution in [0, 0.1) is 6.92 Å². The van der Waals surface area contributed by atoms with E-state index in [1.165, 1.54) is 0 Å². The molecule has 1 unspecified atom stereocenters. The highest BCUT2D eigenvalue weighted by Gasteiger charge is 2.26. The number of hydrogen-bond acceptors (Lipinski definition) is 2. The largest absolute Gasteiger partial charge is 0.331 e. The molecule has 1 aliphatic rings. The van der Waals surface area contributed by atoms with Crippen molar-refractivity contribution < 1.29 is 4.79 Å². The van der Waals surface area contributed by atoms with E-state index in [2.05, 4.69) is 10.3 Å². The molecule has 1 N–H and O–H groups in total. The number of urea groups is 1. The summed E-state index contributed by atoms with van der Waals surface area (Å²) >= 11 is 6.22. The molecule has 0 spiro atoms. The Hall–Kier alpha value is -2.07. The van der Waals surface area contributed by atoms with Gasteiger partial charge in [0.15, 0.2) is 0 Å². The van der Waals surface area contributed by atoms with Gasteiger partial charge in [-0.15, -0.1) is 0 Å². The molecule has 0 fully saturated rings. The van der Waals surface area contributed by atoms with Crippen molar-refractivity contribution in [2.24, 2.45) is 0 Å². The van der Waals surface area contributed by atoms with Crippen molar-refractivity contribution >= 4 is 17.6 Å². The van der Waals surface area contributed by atoms with Gasteiger partial charge in [-0.2, -0.15) is 0 Å². The third kappa shape index (κ3) is 3.48. The Kier molecular flexibility index (Phi) is 4.53. The summed E-state index contributed by atoms with van der Waals surface area (Å²) in [6.07, 6.45) is 3.61. The minimum absolute atomic E-state index is 0.0321. The molecule has 1 heterocycles. The molecule has 120 valence electrons. The number of carbonyl (C=O) groups excluding carboxylic acids is 1. The van der Waals surface area contributed by atoms with E-state index in [0.717, 1.165) is 40.2 Å². The normalized spacial score (nSPS) is 16.0. The highest BCUT2D eigenvalue weighted by Crippen LogP contribution is 2.35. The molecule has 0 bridgehead atoms. The molecule has 2 amide bonds. The van der Waals surface area contributed by atoms with Gasteiger partial charge in [-0.3, -0.25) is 4.98 Å². The summed E-state index contributed by atoms with van der Waals surface area (Å²) < 4.78 is 0. The smallest absolute Gasteiger partial charge is 0.317 e. The Bertz CT molecular complexity index is 715. The van der Waals surface area contributed by atoms with E-state index in [4.69, 9.17) is 11.6 Å². The molecular weight excluding hydrogens is 310 g/mol. The first-order valence-corrected chi connectivity index (χ1v) is 8.13. The molecule has 0 saturated carbocycles. The van der Waals surface area contributed by atoms with Crippen LogP contribution in [0.3, 0.4) is 0 Å². The Labute approximate surface area is 141 Å². The summed E-state index contributed by atoms with van der Waals surface area (Å²) in [5.74, 6) is 0. The fourth-order valence-electron chi connectivity index (χ4n) is 2.93. The van der Waals surface area contributed by atoms with Gasteiger partial charge >= 0.3 is 6.03 Å². The van der Waals surface area contributed by atoms with Crippen molar-refractivity contribution in [2.75, 3.05) is 7.05 Å². The number of nitrogens with one attached hydrogen (secondary N) is 1. The predicted molar refractivity (Wildman–Crippen MR) is 91.5 cm³/mol. The van der Waals surface area contributed by atoms with Crippen LogP contribution in [-0.2, 0) is 13.0 Å². The zero-order chi connectivity index (χ0) is 16.4. The molecule has 0 saturated heterocycles. The van der Waals surface area contributed by atoms with Crippen molar-refractivity contribution in [3.63, 3.8) is 0 Å². The lowest BCUT2D eigenvalue weighted by molar-refractivity contribution is 0.202. The summed E-state index contributed by atoms with van der Waals surface area (Å²) in [5, 5.41) is 3.88.